The number of benzene rings is 1. The van der Waals surface area contributed by atoms with E-state index in [0.717, 1.165) is 36.1 Å². The SMILES string of the molecule is CCCCC(C)NC(=O)c1cc(C)ccc1NC. The highest BCUT2D eigenvalue weighted by Gasteiger charge is 2.13. The number of carbonyl (C=O) groups excluding carboxylic acids is 1. The first kappa shape index (κ1) is 14.6. The van der Waals surface area contributed by atoms with Crippen LogP contribution in [0.15, 0.2) is 18.2 Å². The van der Waals surface area contributed by atoms with Gasteiger partial charge in [0.25, 0.3) is 5.91 Å². The molecule has 0 saturated heterocycles. The highest BCUT2D eigenvalue weighted by Crippen LogP contribution is 2.17. The van der Waals surface area contributed by atoms with E-state index in [0.29, 0.717) is 0 Å². The molecule has 0 aliphatic carbocycles. The summed E-state index contributed by atoms with van der Waals surface area (Å²) in [6.45, 7) is 6.22. The molecule has 0 spiro atoms. The van der Waals surface area contributed by atoms with Gasteiger partial charge in [-0.2, -0.15) is 0 Å². The minimum atomic E-state index is 0.00616. The first-order valence-corrected chi connectivity index (χ1v) is 6.67. The third-order valence-corrected chi connectivity index (χ3v) is 3.06. The van der Waals surface area contributed by atoms with Gasteiger partial charge in [0.2, 0.25) is 0 Å². The summed E-state index contributed by atoms with van der Waals surface area (Å²) in [5.41, 5.74) is 2.70. The second-order valence-corrected chi connectivity index (χ2v) is 4.82. The Morgan fingerprint density at radius 1 is 1.39 bits per heavy atom. The molecule has 18 heavy (non-hydrogen) atoms. The second kappa shape index (κ2) is 7.04. The molecule has 1 aromatic carbocycles. The average molecular weight is 248 g/mol. The zero-order valence-corrected chi connectivity index (χ0v) is 11.8. The molecule has 3 heteroatoms. The topological polar surface area (TPSA) is 41.1 Å². The van der Waals surface area contributed by atoms with Gasteiger partial charge in [-0.05, 0) is 32.4 Å². The van der Waals surface area contributed by atoms with Gasteiger partial charge < -0.3 is 10.6 Å². The standard InChI is InChI=1S/C15H24N2O/c1-5-6-7-12(3)17-15(18)13-10-11(2)8-9-14(13)16-4/h8-10,12,16H,5-7H2,1-4H3,(H,17,18). The fraction of sp³-hybridized carbons (Fsp3) is 0.533. The van der Waals surface area contributed by atoms with E-state index in [9.17, 15) is 4.79 Å². The average Bonchev–Trinajstić information content (AvgIpc) is 2.36. The van der Waals surface area contributed by atoms with Crippen LogP contribution in [-0.4, -0.2) is 19.0 Å². The molecule has 0 bridgehead atoms. The normalized spacial score (nSPS) is 12.0. The first-order valence-electron chi connectivity index (χ1n) is 6.67. The second-order valence-electron chi connectivity index (χ2n) is 4.82. The van der Waals surface area contributed by atoms with Crippen molar-refractivity contribution in [1.29, 1.82) is 0 Å². The van der Waals surface area contributed by atoms with Crippen LogP contribution in [0.25, 0.3) is 0 Å². The molecule has 1 unspecified atom stereocenters. The highest BCUT2D eigenvalue weighted by molar-refractivity contribution is 5.99. The Bertz CT molecular complexity index is 401. The molecule has 100 valence electrons. The van der Waals surface area contributed by atoms with Gasteiger partial charge in [-0.1, -0.05) is 31.4 Å². The zero-order valence-electron chi connectivity index (χ0n) is 11.8. The summed E-state index contributed by atoms with van der Waals surface area (Å²) in [5, 5.41) is 6.11. The van der Waals surface area contributed by atoms with Crippen LogP contribution in [0.2, 0.25) is 0 Å². The zero-order chi connectivity index (χ0) is 13.5. The lowest BCUT2D eigenvalue weighted by atomic mass is 10.1. The van der Waals surface area contributed by atoms with Gasteiger partial charge in [0, 0.05) is 18.8 Å². The third kappa shape index (κ3) is 4.06. The Morgan fingerprint density at radius 2 is 2.11 bits per heavy atom. The Balaban J connectivity index is 2.74. The number of carbonyl (C=O) groups is 1. The van der Waals surface area contributed by atoms with Crippen LogP contribution < -0.4 is 10.6 Å². The molecule has 1 atom stereocenters. The molecule has 3 nitrogen and oxygen atoms in total. The van der Waals surface area contributed by atoms with Crippen LogP contribution in [0, 0.1) is 6.92 Å². The van der Waals surface area contributed by atoms with Crippen molar-refractivity contribution in [3.05, 3.63) is 29.3 Å². The van der Waals surface area contributed by atoms with Crippen molar-refractivity contribution in [2.24, 2.45) is 0 Å². The molecule has 1 rings (SSSR count). The van der Waals surface area contributed by atoms with Crippen molar-refractivity contribution in [1.82, 2.24) is 5.32 Å². The summed E-state index contributed by atoms with van der Waals surface area (Å²) in [6, 6.07) is 6.10. The van der Waals surface area contributed by atoms with E-state index in [1.165, 1.54) is 0 Å². The number of anilines is 1. The van der Waals surface area contributed by atoms with E-state index in [-0.39, 0.29) is 11.9 Å². The van der Waals surface area contributed by atoms with Crippen LogP contribution in [0.5, 0.6) is 0 Å². The van der Waals surface area contributed by atoms with Gasteiger partial charge in [-0.25, -0.2) is 0 Å². The smallest absolute Gasteiger partial charge is 0.253 e. The van der Waals surface area contributed by atoms with E-state index in [1.54, 1.807) is 0 Å². The Labute approximate surface area is 110 Å². The van der Waals surface area contributed by atoms with Crippen LogP contribution in [0.1, 0.15) is 49.0 Å². The number of amides is 1. The summed E-state index contributed by atoms with van der Waals surface area (Å²) in [4.78, 5) is 12.2. The maximum absolute atomic E-state index is 12.2. The van der Waals surface area contributed by atoms with Crippen molar-refractivity contribution in [2.75, 3.05) is 12.4 Å². The van der Waals surface area contributed by atoms with E-state index in [2.05, 4.69) is 24.5 Å². The lowest BCUT2D eigenvalue weighted by Gasteiger charge is -2.15. The van der Waals surface area contributed by atoms with Crippen molar-refractivity contribution < 1.29 is 4.79 Å². The van der Waals surface area contributed by atoms with Gasteiger partial charge in [-0.3, -0.25) is 4.79 Å². The Morgan fingerprint density at radius 3 is 2.72 bits per heavy atom. The molecule has 0 fully saturated rings. The predicted octanol–water partition coefficient (Wildman–Crippen LogP) is 3.35. The van der Waals surface area contributed by atoms with E-state index in [4.69, 9.17) is 0 Å². The third-order valence-electron chi connectivity index (χ3n) is 3.06. The first-order chi connectivity index (χ1) is 8.58. The quantitative estimate of drug-likeness (QED) is 0.810. The van der Waals surface area contributed by atoms with Crippen molar-refractivity contribution in [2.45, 2.75) is 46.1 Å². The predicted molar refractivity (Wildman–Crippen MR) is 77.2 cm³/mol. The summed E-state index contributed by atoms with van der Waals surface area (Å²) in [7, 11) is 1.84. The van der Waals surface area contributed by atoms with E-state index < -0.39 is 0 Å². The summed E-state index contributed by atoms with van der Waals surface area (Å²) >= 11 is 0. The van der Waals surface area contributed by atoms with Crippen molar-refractivity contribution >= 4 is 11.6 Å². The molecule has 2 N–H and O–H groups in total. The lowest BCUT2D eigenvalue weighted by Crippen LogP contribution is -2.32. The Hall–Kier alpha value is -1.51. The molecule has 0 heterocycles. The number of hydrogen-bond donors (Lipinski definition) is 2. The molecule has 1 aromatic rings. The number of unbranched alkanes of at least 4 members (excludes halogenated alkanes) is 1. The maximum atomic E-state index is 12.2. The largest absolute Gasteiger partial charge is 0.387 e. The van der Waals surface area contributed by atoms with Crippen LogP contribution >= 0.6 is 0 Å². The molecular weight excluding hydrogens is 224 g/mol. The molecule has 0 radical (unpaired) electrons. The van der Waals surface area contributed by atoms with Crippen LogP contribution in [0.3, 0.4) is 0 Å². The monoisotopic (exact) mass is 248 g/mol. The molecule has 0 aliphatic heterocycles. The van der Waals surface area contributed by atoms with Gasteiger partial charge >= 0.3 is 0 Å². The van der Waals surface area contributed by atoms with Gasteiger partial charge in [-0.15, -0.1) is 0 Å². The molecule has 0 aromatic heterocycles. The molecule has 1 amide bonds. The van der Waals surface area contributed by atoms with Crippen molar-refractivity contribution in [3.63, 3.8) is 0 Å². The fourth-order valence-electron chi connectivity index (χ4n) is 1.95. The van der Waals surface area contributed by atoms with Gasteiger partial charge in [0.05, 0.1) is 5.56 Å². The molecule has 0 aliphatic rings. The van der Waals surface area contributed by atoms with Crippen molar-refractivity contribution in [3.8, 4) is 0 Å². The van der Waals surface area contributed by atoms with E-state index >= 15 is 0 Å². The Kier molecular flexibility index (Phi) is 5.69. The van der Waals surface area contributed by atoms with E-state index in [1.807, 2.05) is 32.2 Å². The summed E-state index contributed by atoms with van der Waals surface area (Å²) in [5.74, 6) is 0.00616. The molecule has 0 saturated carbocycles. The number of hydrogen-bond acceptors (Lipinski definition) is 2. The number of aryl methyl sites for hydroxylation is 1. The number of nitrogens with one attached hydrogen (secondary N) is 2. The summed E-state index contributed by atoms with van der Waals surface area (Å²) in [6.07, 6.45) is 3.34. The maximum Gasteiger partial charge on any atom is 0.253 e. The molecular formula is C15H24N2O. The van der Waals surface area contributed by atoms with Crippen LogP contribution in [-0.2, 0) is 0 Å². The number of rotatable bonds is 6. The van der Waals surface area contributed by atoms with Gasteiger partial charge in [0.15, 0.2) is 0 Å². The minimum absolute atomic E-state index is 0.00616. The van der Waals surface area contributed by atoms with Crippen LogP contribution in [0.4, 0.5) is 5.69 Å². The minimum Gasteiger partial charge on any atom is -0.387 e. The highest BCUT2D eigenvalue weighted by atomic mass is 16.1. The van der Waals surface area contributed by atoms with Gasteiger partial charge in [0.1, 0.15) is 0 Å². The lowest BCUT2D eigenvalue weighted by molar-refractivity contribution is 0.0938. The fourth-order valence-corrected chi connectivity index (χ4v) is 1.95. The summed E-state index contributed by atoms with van der Waals surface area (Å²) < 4.78 is 0.